The van der Waals surface area contributed by atoms with E-state index >= 15 is 0 Å². The Kier molecular flexibility index (Phi) is 5.84. The van der Waals surface area contributed by atoms with Crippen LogP contribution in [0.4, 0.5) is 0 Å². The number of nitrogens with one attached hydrogen (secondary N) is 2. The molecule has 0 spiro atoms. The lowest BCUT2D eigenvalue weighted by Crippen LogP contribution is -2.32. The second kappa shape index (κ2) is 7.91. The van der Waals surface area contributed by atoms with Gasteiger partial charge in [-0.25, -0.2) is 0 Å². The maximum absolute atomic E-state index is 11.5. The predicted octanol–water partition coefficient (Wildman–Crippen LogP) is 0.654. The highest BCUT2D eigenvalue weighted by atomic mass is 16.5. The van der Waals surface area contributed by atoms with Gasteiger partial charge in [0.15, 0.2) is 0 Å². The van der Waals surface area contributed by atoms with E-state index < -0.39 is 0 Å². The molecule has 1 atom stereocenters. The molecule has 1 aliphatic rings. The Labute approximate surface area is 112 Å². The van der Waals surface area contributed by atoms with Crippen molar-refractivity contribution in [3.8, 4) is 0 Å². The maximum atomic E-state index is 11.5. The normalized spacial score (nSPS) is 19.3. The molecule has 0 radical (unpaired) electrons. The number of aromatic nitrogens is 2. The van der Waals surface area contributed by atoms with E-state index in [9.17, 15) is 4.79 Å². The molecule has 0 saturated carbocycles. The summed E-state index contributed by atoms with van der Waals surface area (Å²) in [5.41, 5.74) is 1.08. The third kappa shape index (κ3) is 5.40. The number of nitrogens with zero attached hydrogens (tertiary/aromatic N) is 1. The Morgan fingerprint density at radius 2 is 2.53 bits per heavy atom. The number of hydrogen-bond donors (Lipinski definition) is 2. The SMILES string of the molecule is O=C(COC[C@H]1CCCCO1)NCCc1cn[nH]c1. The van der Waals surface area contributed by atoms with Crippen LogP contribution in [0.15, 0.2) is 12.4 Å². The van der Waals surface area contributed by atoms with E-state index in [0.29, 0.717) is 13.2 Å². The largest absolute Gasteiger partial charge is 0.376 e. The molecule has 1 fully saturated rings. The first-order chi connectivity index (χ1) is 9.34. The topological polar surface area (TPSA) is 76.2 Å². The molecule has 2 N–H and O–H groups in total. The smallest absolute Gasteiger partial charge is 0.246 e. The number of carbonyl (C=O) groups is 1. The van der Waals surface area contributed by atoms with Crippen LogP contribution in [0.2, 0.25) is 0 Å². The van der Waals surface area contributed by atoms with Crippen molar-refractivity contribution in [2.24, 2.45) is 0 Å². The average molecular weight is 267 g/mol. The molecule has 6 nitrogen and oxygen atoms in total. The standard InChI is InChI=1S/C13H21N3O3/c17-13(14-5-4-11-7-15-16-8-11)10-18-9-12-3-1-2-6-19-12/h7-8,12H,1-6,9-10H2,(H,14,17)(H,15,16)/t12-/m1/s1. The molecule has 0 aromatic carbocycles. The highest BCUT2D eigenvalue weighted by Crippen LogP contribution is 2.12. The average Bonchev–Trinajstić information content (AvgIpc) is 2.93. The van der Waals surface area contributed by atoms with Crippen LogP contribution < -0.4 is 5.32 Å². The summed E-state index contributed by atoms with van der Waals surface area (Å²) in [5.74, 6) is -0.0840. The Morgan fingerprint density at radius 3 is 3.26 bits per heavy atom. The van der Waals surface area contributed by atoms with Gasteiger partial charge in [-0.05, 0) is 31.2 Å². The molecule has 0 aliphatic carbocycles. The van der Waals surface area contributed by atoms with E-state index in [0.717, 1.165) is 31.4 Å². The number of rotatable bonds is 7. The van der Waals surface area contributed by atoms with Crippen molar-refractivity contribution >= 4 is 5.91 Å². The third-order valence-corrected chi connectivity index (χ3v) is 3.10. The molecule has 0 bridgehead atoms. The zero-order valence-electron chi connectivity index (χ0n) is 11.1. The summed E-state index contributed by atoms with van der Waals surface area (Å²) in [6.07, 6.45) is 7.85. The first-order valence-electron chi connectivity index (χ1n) is 6.78. The van der Waals surface area contributed by atoms with Gasteiger partial charge in [-0.3, -0.25) is 9.89 Å². The lowest BCUT2D eigenvalue weighted by atomic mass is 10.1. The van der Waals surface area contributed by atoms with E-state index in [1.165, 1.54) is 6.42 Å². The fraction of sp³-hybridized carbons (Fsp3) is 0.692. The summed E-state index contributed by atoms with van der Waals surface area (Å²) in [6, 6.07) is 0. The fourth-order valence-corrected chi connectivity index (χ4v) is 2.03. The van der Waals surface area contributed by atoms with E-state index in [4.69, 9.17) is 9.47 Å². The zero-order valence-corrected chi connectivity index (χ0v) is 11.1. The lowest BCUT2D eigenvalue weighted by Gasteiger charge is -2.22. The molecule has 2 rings (SSSR count). The Morgan fingerprint density at radius 1 is 1.58 bits per heavy atom. The van der Waals surface area contributed by atoms with E-state index in [-0.39, 0.29) is 18.6 Å². The van der Waals surface area contributed by atoms with Gasteiger partial charge in [0.25, 0.3) is 0 Å². The molecule has 6 heteroatoms. The van der Waals surface area contributed by atoms with Gasteiger partial charge in [-0.2, -0.15) is 5.10 Å². The van der Waals surface area contributed by atoms with Crippen LogP contribution in [0.25, 0.3) is 0 Å². The van der Waals surface area contributed by atoms with Gasteiger partial charge in [0.2, 0.25) is 5.91 Å². The summed E-state index contributed by atoms with van der Waals surface area (Å²) in [4.78, 5) is 11.5. The lowest BCUT2D eigenvalue weighted by molar-refractivity contribution is -0.127. The minimum Gasteiger partial charge on any atom is -0.376 e. The number of hydrogen-bond acceptors (Lipinski definition) is 4. The van der Waals surface area contributed by atoms with Crippen LogP contribution >= 0.6 is 0 Å². The van der Waals surface area contributed by atoms with Crippen molar-refractivity contribution in [1.82, 2.24) is 15.5 Å². The van der Waals surface area contributed by atoms with Crippen molar-refractivity contribution in [2.45, 2.75) is 31.8 Å². The molecule has 1 saturated heterocycles. The van der Waals surface area contributed by atoms with Crippen LogP contribution in [0.1, 0.15) is 24.8 Å². The molecule has 1 aromatic rings. The number of ether oxygens (including phenoxy) is 2. The molecule has 1 aliphatic heterocycles. The molecular formula is C13H21N3O3. The molecule has 0 unspecified atom stereocenters. The van der Waals surface area contributed by atoms with Gasteiger partial charge >= 0.3 is 0 Å². The van der Waals surface area contributed by atoms with Gasteiger partial charge < -0.3 is 14.8 Å². The molecule has 1 amide bonds. The Balaban J connectivity index is 1.49. The minimum atomic E-state index is -0.0840. The van der Waals surface area contributed by atoms with Crippen molar-refractivity contribution in [1.29, 1.82) is 0 Å². The number of amides is 1. The van der Waals surface area contributed by atoms with Gasteiger partial charge in [0, 0.05) is 19.3 Å². The van der Waals surface area contributed by atoms with Gasteiger partial charge in [-0.1, -0.05) is 0 Å². The van der Waals surface area contributed by atoms with Gasteiger partial charge in [-0.15, -0.1) is 0 Å². The molecule has 1 aromatic heterocycles. The number of aromatic amines is 1. The highest BCUT2D eigenvalue weighted by Gasteiger charge is 2.14. The second-order valence-corrected chi connectivity index (χ2v) is 4.71. The van der Waals surface area contributed by atoms with Crippen LogP contribution in [0, 0.1) is 0 Å². The molecule has 106 valence electrons. The summed E-state index contributed by atoms with van der Waals surface area (Å²) < 4.78 is 10.9. The molecule has 19 heavy (non-hydrogen) atoms. The van der Waals surface area contributed by atoms with Crippen molar-refractivity contribution in [2.75, 3.05) is 26.4 Å². The quantitative estimate of drug-likeness (QED) is 0.760. The summed E-state index contributed by atoms with van der Waals surface area (Å²) in [5, 5.41) is 9.39. The third-order valence-electron chi connectivity index (χ3n) is 3.10. The van der Waals surface area contributed by atoms with Crippen LogP contribution in [-0.4, -0.2) is 48.6 Å². The minimum absolute atomic E-state index is 0.0840. The first kappa shape index (κ1) is 14.0. The Bertz CT molecular complexity index is 361. The Hall–Kier alpha value is -1.40. The molecular weight excluding hydrogens is 246 g/mol. The van der Waals surface area contributed by atoms with Crippen molar-refractivity contribution in [3.05, 3.63) is 18.0 Å². The van der Waals surface area contributed by atoms with E-state index in [1.54, 1.807) is 6.20 Å². The summed E-state index contributed by atoms with van der Waals surface area (Å²) >= 11 is 0. The summed E-state index contributed by atoms with van der Waals surface area (Å²) in [6.45, 7) is 2.02. The number of H-pyrrole nitrogens is 1. The summed E-state index contributed by atoms with van der Waals surface area (Å²) in [7, 11) is 0. The van der Waals surface area contributed by atoms with Crippen LogP contribution in [0.5, 0.6) is 0 Å². The van der Waals surface area contributed by atoms with Crippen LogP contribution in [0.3, 0.4) is 0 Å². The maximum Gasteiger partial charge on any atom is 0.246 e. The van der Waals surface area contributed by atoms with Crippen LogP contribution in [-0.2, 0) is 20.7 Å². The zero-order chi connectivity index (χ0) is 13.3. The second-order valence-electron chi connectivity index (χ2n) is 4.71. The first-order valence-corrected chi connectivity index (χ1v) is 6.78. The fourth-order valence-electron chi connectivity index (χ4n) is 2.03. The van der Waals surface area contributed by atoms with Crippen molar-refractivity contribution in [3.63, 3.8) is 0 Å². The number of carbonyl (C=O) groups excluding carboxylic acids is 1. The predicted molar refractivity (Wildman–Crippen MR) is 69.7 cm³/mol. The van der Waals surface area contributed by atoms with E-state index in [1.807, 2.05) is 6.20 Å². The van der Waals surface area contributed by atoms with E-state index in [2.05, 4.69) is 15.5 Å². The van der Waals surface area contributed by atoms with Gasteiger partial charge in [0.05, 0.1) is 18.9 Å². The van der Waals surface area contributed by atoms with Gasteiger partial charge in [0.1, 0.15) is 6.61 Å². The van der Waals surface area contributed by atoms with Crippen molar-refractivity contribution < 1.29 is 14.3 Å². The molecule has 2 heterocycles. The highest BCUT2D eigenvalue weighted by molar-refractivity contribution is 5.77. The monoisotopic (exact) mass is 267 g/mol.